The smallest absolute Gasteiger partial charge is 0.132 e. The number of benzene rings is 2. The van der Waals surface area contributed by atoms with Crippen molar-refractivity contribution in [1.82, 2.24) is 0 Å². The number of hydrogen-bond acceptors (Lipinski definition) is 2. The van der Waals surface area contributed by atoms with E-state index in [0.29, 0.717) is 40.9 Å². The Bertz CT molecular complexity index is 765. The highest BCUT2D eigenvalue weighted by Crippen LogP contribution is 2.44. The summed E-state index contributed by atoms with van der Waals surface area (Å²) in [6, 6.07) is 10.3. The zero-order valence-electron chi connectivity index (χ0n) is 12.0. The Balaban J connectivity index is 2.24. The number of hydrogen-bond donors (Lipinski definition) is 0. The Morgan fingerprint density at radius 2 is 1.95 bits per heavy atom. The van der Waals surface area contributed by atoms with Gasteiger partial charge in [-0.25, -0.2) is 8.78 Å². The lowest BCUT2D eigenvalue weighted by atomic mass is 9.84. The predicted molar refractivity (Wildman–Crippen MR) is 79.4 cm³/mol. The molecule has 0 amide bonds. The van der Waals surface area contributed by atoms with Crippen molar-refractivity contribution in [3.05, 3.63) is 71.0 Å². The summed E-state index contributed by atoms with van der Waals surface area (Å²) in [6.45, 7) is 1.87. The average Bonchev–Trinajstić information content (AvgIpc) is 2.53. The molecule has 1 aliphatic heterocycles. The molecule has 3 rings (SSSR count). The van der Waals surface area contributed by atoms with Gasteiger partial charge in [-0.05, 0) is 24.3 Å². The van der Waals surface area contributed by atoms with E-state index in [1.54, 1.807) is 18.2 Å². The standard InChI is InChI=1S/C18H14F2O2/c1-2-16-18(12-5-3-4-6-15(12)20)14(10-21)13-9-11(19)7-8-17(13)22-16/h3-10,14H,2H2,1H3. The number of halogens is 2. The lowest BCUT2D eigenvalue weighted by Crippen LogP contribution is -2.17. The lowest BCUT2D eigenvalue weighted by Gasteiger charge is -2.28. The van der Waals surface area contributed by atoms with Crippen LogP contribution in [0.15, 0.2) is 48.2 Å². The number of carbonyl (C=O) groups is 1. The second kappa shape index (κ2) is 5.72. The van der Waals surface area contributed by atoms with Crippen LogP contribution in [-0.4, -0.2) is 6.29 Å². The molecule has 1 unspecified atom stereocenters. The number of allylic oxidation sites excluding steroid dienone is 2. The van der Waals surface area contributed by atoms with Crippen LogP contribution >= 0.6 is 0 Å². The molecular weight excluding hydrogens is 286 g/mol. The molecule has 0 aliphatic carbocycles. The van der Waals surface area contributed by atoms with Gasteiger partial charge in [0.05, 0.1) is 5.92 Å². The van der Waals surface area contributed by atoms with Gasteiger partial charge in [-0.1, -0.05) is 25.1 Å². The third-order valence-corrected chi connectivity index (χ3v) is 3.77. The van der Waals surface area contributed by atoms with Gasteiger partial charge in [-0.3, -0.25) is 0 Å². The van der Waals surface area contributed by atoms with E-state index in [2.05, 4.69) is 0 Å². The summed E-state index contributed by atoms with van der Waals surface area (Å²) >= 11 is 0. The summed E-state index contributed by atoms with van der Waals surface area (Å²) in [7, 11) is 0. The van der Waals surface area contributed by atoms with Crippen molar-refractivity contribution >= 4 is 11.9 Å². The largest absolute Gasteiger partial charge is 0.461 e. The minimum absolute atomic E-state index is 0.311. The Morgan fingerprint density at radius 1 is 1.18 bits per heavy atom. The molecule has 0 fully saturated rings. The van der Waals surface area contributed by atoms with Gasteiger partial charge in [0.1, 0.15) is 29.4 Å². The molecule has 1 heterocycles. The topological polar surface area (TPSA) is 26.3 Å². The summed E-state index contributed by atoms with van der Waals surface area (Å²) in [6.07, 6.45) is 1.21. The van der Waals surface area contributed by atoms with Gasteiger partial charge in [0.2, 0.25) is 0 Å². The van der Waals surface area contributed by atoms with Gasteiger partial charge in [0.15, 0.2) is 0 Å². The van der Waals surface area contributed by atoms with Crippen LogP contribution < -0.4 is 4.74 Å². The molecule has 0 aromatic heterocycles. The van der Waals surface area contributed by atoms with E-state index in [-0.39, 0.29) is 0 Å². The maximum atomic E-state index is 14.2. The fourth-order valence-corrected chi connectivity index (χ4v) is 2.77. The van der Waals surface area contributed by atoms with Gasteiger partial charge < -0.3 is 9.53 Å². The molecule has 112 valence electrons. The van der Waals surface area contributed by atoms with Gasteiger partial charge >= 0.3 is 0 Å². The van der Waals surface area contributed by atoms with E-state index in [0.717, 1.165) is 0 Å². The van der Waals surface area contributed by atoms with Gasteiger partial charge in [0, 0.05) is 23.1 Å². The molecule has 0 bridgehead atoms. The molecule has 22 heavy (non-hydrogen) atoms. The molecule has 2 aromatic rings. The molecule has 1 atom stereocenters. The van der Waals surface area contributed by atoms with E-state index in [1.807, 2.05) is 6.92 Å². The summed E-state index contributed by atoms with van der Waals surface area (Å²) in [5.74, 6) is -0.663. The first-order chi connectivity index (χ1) is 10.7. The second-order valence-electron chi connectivity index (χ2n) is 5.07. The van der Waals surface area contributed by atoms with Crippen LogP contribution in [0.1, 0.15) is 30.4 Å². The number of fused-ring (bicyclic) bond motifs is 1. The van der Waals surface area contributed by atoms with Crippen LogP contribution in [0, 0.1) is 11.6 Å². The Kier molecular flexibility index (Phi) is 3.75. The van der Waals surface area contributed by atoms with E-state index in [9.17, 15) is 13.6 Å². The molecular formula is C18H14F2O2. The van der Waals surface area contributed by atoms with Crippen LogP contribution in [-0.2, 0) is 4.79 Å². The number of ether oxygens (including phenoxy) is 1. The molecule has 0 saturated carbocycles. The Hall–Kier alpha value is -2.49. The molecule has 0 radical (unpaired) electrons. The van der Waals surface area contributed by atoms with Crippen molar-refractivity contribution in [1.29, 1.82) is 0 Å². The van der Waals surface area contributed by atoms with Crippen LogP contribution in [0.5, 0.6) is 5.75 Å². The summed E-state index contributed by atoms with van der Waals surface area (Å²) < 4.78 is 33.5. The number of carbonyl (C=O) groups excluding carboxylic acids is 1. The van der Waals surface area contributed by atoms with E-state index < -0.39 is 17.6 Å². The molecule has 0 spiro atoms. The van der Waals surface area contributed by atoms with Crippen LogP contribution in [0.4, 0.5) is 8.78 Å². The Labute approximate surface area is 127 Å². The predicted octanol–water partition coefficient (Wildman–Crippen LogP) is 4.46. The first-order valence-corrected chi connectivity index (χ1v) is 7.06. The van der Waals surface area contributed by atoms with Crippen molar-refractivity contribution in [2.24, 2.45) is 0 Å². The molecule has 0 saturated heterocycles. The van der Waals surface area contributed by atoms with Crippen molar-refractivity contribution in [2.45, 2.75) is 19.3 Å². The average molecular weight is 300 g/mol. The minimum atomic E-state index is -0.744. The van der Waals surface area contributed by atoms with Gasteiger partial charge in [0.25, 0.3) is 0 Å². The van der Waals surface area contributed by atoms with Gasteiger partial charge in [-0.15, -0.1) is 0 Å². The van der Waals surface area contributed by atoms with E-state index in [1.165, 1.54) is 24.3 Å². The quantitative estimate of drug-likeness (QED) is 0.782. The third kappa shape index (κ3) is 2.30. The van der Waals surface area contributed by atoms with Crippen molar-refractivity contribution in [3.8, 4) is 5.75 Å². The summed E-state index contributed by atoms with van der Waals surface area (Å²) in [5, 5.41) is 0. The SMILES string of the molecule is CCC1=C(c2ccccc2F)C(C=O)c2cc(F)ccc2O1. The van der Waals surface area contributed by atoms with Crippen LogP contribution in [0.2, 0.25) is 0 Å². The van der Waals surface area contributed by atoms with E-state index in [4.69, 9.17) is 4.74 Å². The zero-order chi connectivity index (χ0) is 15.7. The first-order valence-electron chi connectivity index (χ1n) is 7.06. The normalized spacial score (nSPS) is 17.0. The zero-order valence-corrected chi connectivity index (χ0v) is 12.0. The van der Waals surface area contributed by atoms with Crippen molar-refractivity contribution in [2.75, 3.05) is 0 Å². The highest BCUT2D eigenvalue weighted by atomic mass is 19.1. The molecule has 2 nitrogen and oxygen atoms in total. The Morgan fingerprint density at radius 3 is 2.64 bits per heavy atom. The van der Waals surface area contributed by atoms with Gasteiger partial charge in [-0.2, -0.15) is 0 Å². The first kappa shape index (κ1) is 14.4. The van der Waals surface area contributed by atoms with Crippen LogP contribution in [0.3, 0.4) is 0 Å². The monoisotopic (exact) mass is 300 g/mol. The highest BCUT2D eigenvalue weighted by Gasteiger charge is 2.31. The third-order valence-electron chi connectivity index (χ3n) is 3.77. The number of rotatable bonds is 3. The van der Waals surface area contributed by atoms with Crippen molar-refractivity contribution < 1.29 is 18.3 Å². The minimum Gasteiger partial charge on any atom is -0.461 e. The summed E-state index contributed by atoms with van der Waals surface area (Å²) in [4.78, 5) is 11.7. The molecule has 1 aliphatic rings. The maximum absolute atomic E-state index is 14.2. The number of aldehydes is 1. The van der Waals surface area contributed by atoms with E-state index >= 15 is 0 Å². The fourth-order valence-electron chi connectivity index (χ4n) is 2.77. The molecule has 2 aromatic carbocycles. The molecule has 0 N–H and O–H groups in total. The highest BCUT2D eigenvalue weighted by molar-refractivity contribution is 5.90. The molecule has 4 heteroatoms. The van der Waals surface area contributed by atoms with Crippen molar-refractivity contribution in [3.63, 3.8) is 0 Å². The fraction of sp³-hybridized carbons (Fsp3) is 0.167. The van der Waals surface area contributed by atoms with Crippen LogP contribution in [0.25, 0.3) is 5.57 Å². The second-order valence-corrected chi connectivity index (χ2v) is 5.07. The summed E-state index contributed by atoms with van der Waals surface area (Å²) in [5.41, 5.74) is 1.20. The lowest BCUT2D eigenvalue weighted by molar-refractivity contribution is -0.108. The maximum Gasteiger partial charge on any atom is 0.132 e.